The largest absolute Gasteiger partial charge is 0.416 e. The summed E-state index contributed by atoms with van der Waals surface area (Å²) in [6.07, 6.45) is -4.96. The molecule has 0 saturated carbocycles. The fourth-order valence-electron chi connectivity index (χ4n) is 3.33. The van der Waals surface area contributed by atoms with Crippen LogP contribution in [0.5, 0.6) is 0 Å². The Morgan fingerprint density at radius 3 is 2.52 bits per heavy atom. The van der Waals surface area contributed by atoms with Gasteiger partial charge in [0.05, 0.1) is 17.0 Å². The molecule has 0 fully saturated rings. The fraction of sp³-hybridized carbons (Fsp3) is 0.143. The molecule has 3 aromatic rings. The summed E-state index contributed by atoms with van der Waals surface area (Å²) in [4.78, 5) is 44.4. The molecule has 12 heteroatoms. The first-order valence-corrected chi connectivity index (χ1v) is 9.93. The molecule has 1 aromatic heterocycles. The van der Waals surface area contributed by atoms with Crippen LogP contribution in [0.25, 0.3) is 0 Å². The van der Waals surface area contributed by atoms with Gasteiger partial charge in [0.2, 0.25) is 17.8 Å². The maximum absolute atomic E-state index is 12.9. The van der Waals surface area contributed by atoms with Crippen molar-refractivity contribution in [3.8, 4) is 0 Å². The van der Waals surface area contributed by atoms with Crippen molar-refractivity contribution in [1.29, 1.82) is 0 Å². The molecule has 8 nitrogen and oxygen atoms in total. The van der Waals surface area contributed by atoms with Crippen LogP contribution in [-0.4, -0.2) is 21.8 Å². The lowest BCUT2D eigenvalue weighted by molar-refractivity contribution is -0.137. The summed E-state index contributed by atoms with van der Waals surface area (Å²) in [5.41, 5.74) is -1.28. The third-order valence-electron chi connectivity index (χ3n) is 4.83. The van der Waals surface area contributed by atoms with Gasteiger partial charge in [-0.15, -0.1) is 0 Å². The van der Waals surface area contributed by atoms with E-state index in [0.717, 1.165) is 18.2 Å². The predicted molar refractivity (Wildman–Crippen MR) is 116 cm³/mol. The average molecular weight is 478 g/mol. The zero-order chi connectivity index (χ0) is 23.8. The Labute approximate surface area is 189 Å². The number of benzene rings is 2. The van der Waals surface area contributed by atoms with Crippen LogP contribution in [0.3, 0.4) is 0 Å². The number of halogens is 4. The van der Waals surface area contributed by atoms with Gasteiger partial charge < -0.3 is 16.0 Å². The Balaban J connectivity index is 1.61. The Bertz CT molecular complexity index is 1290. The van der Waals surface area contributed by atoms with Crippen molar-refractivity contribution < 1.29 is 22.8 Å². The van der Waals surface area contributed by atoms with Crippen molar-refractivity contribution in [3.63, 3.8) is 0 Å². The van der Waals surface area contributed by atoms with Gasteiger partial charge in [-0.1, -0.05) is 17.7 Å². The lowest BCUT2D eigenvalue weighted by Crippen LogP contribution is -2.36. The minimum absolute atomic E-state index is 0.0142. The maximum atomic E-state index is 12.9. The number of aromatic amines is 1. The quantitative estimate of drug-likeness (QED) is 0.448. The van der Waals surface area contributed by atoms with Crippen LogP contribution in [0.2, 0.25) is 5.02 Å². The number of amides is 2. The van der Waals surface area contributed by atoms with Gasteiger partial charge in [-0.2, -0.15) is 18.2 Å². The Morgan fingerprint density at radius 2 is 1.82 bits per heavy atom. The van der Waals surface area contributed by atoms with Crippen LogP contribution >= 0.6 is 11.6 Å². The number of anilines is 4. The van der Waals surface area contributed by atoms with Crippen LogP contribution in [0.4, 0.5) is 36.3 Å². The maximum Gasteiger partial charge on any atom is 0.416 e. The van der Waals surface area contributed by atoms with Crippen molar-refractivity contribution in [1.82, 2.24) is 9.97 Å². The van der Waals surface area contributed by atoms with Crippen molar-refractivity contribution in [2.45, 2.75) is 18.5 Å². The number of nitrogens with zero attached hydrogens (tertiary/aromatic N) is 1. The molecule has 0 aliphatic carbocycles. The first-order chi connectivity index (χ1) is 15.6. The zero-order valence-corrected chi connectivity index (χ0v) is 17.3. The van der Waals surface area contributed by atoms with E-state index < -0.39 is 35.0 Å². The highest BCUT2D eigenvalue weighted by atomic mass is 35.5. The first-order valence-electron chi connectivity index (χ1n) is 9.55. The van der Waals surface area contributed by atoms with Crippen LogP contribution in [0.1, 0.15) is 23.5 Å². The molecule has 0 saturated heterocycles. The SMILES string of the molecule is O=C1CC(C(=O)Nc2cccc(C(F)(F)F)c2)c2c(nc(Nc3ccc(Cl)cc3)[nH]c2=O)N1. The molecular formula is C21H15ClF3N5O3. The summed E-state index contributed by atoms with van der Waals surface area (Å²) in [6.45, 7) is 0. The van der Waals surface area contributed by atoms with E-state index in [1.165, 1.54) is 6.07 Å². The van der Waals surface area contributed by atoms with Crippen LogP contribution < -0.4 is 21.5 Å². The minimum Gasteiger partial charge on any atom is -0.326 e. The lowest BCUT2D eigenvalue weighted by Gasteiger charge is -2.23. The summed E-state index contributed by atoms with van der Waals surface area (Å²) in [5, 5.41) is 8.16. The summed E-state index contributed by atoms with van der Waals surface area (Å²) >= 11 is 5.84. The fourth-order valence-corrected chi connectivity index (χ4v) is 3.45. The highest BCUT2D eigenvalue weighted by Crippen LogP contribution is 2.33. The molecular weight excluding hydrogens is 463 g/mol. The zero-order valence-electron chi connectivity index (χ0n) is 16.6. The number of rotatable bonds is 4. The number of carbonyl (C=O) groups is 2. The van der Waals surface area contributed by atoms with E-state index in [0.29, 0.717) is 10.7 Å². The monoisotopic (exact) mass is 477 g/mol. The molecule has 1 atom stereocenters. The molecule has 170 valence electrons. The third kappa shape index (κ3) is 4.98. The van der Waals surface area contributed by atoms with Crippen LogP contribution in [0.15, 0.2) is 53.3 Å². The minimum atomic E-state index is -4.59. The van der Waals surface area contributed by atoms with Gasteiger partial charge in [0, 0.05) is 22.8 Å². The molecule has 2 amide bonds. The smallest absolute Gasteiger partial charge is 0.326 e. The van der Waals surface area contributed by atoms with Gasteiger partial charge in [0.15, 0.2) is 0 Å². The number of hydrogen-bond acceptors (Lipinski definition) is 5. The number of H-pyrrole nitrogens is 1. The van der Waals surface area contributed by atoms with Crippen molar-refractivity contribution >= 4 is 46.6 Å². The van der Waals surface area contributed by atoms with Gasteiger partial charge in [0.1, 0.15) is 5.82 Å². The topological polar surface area (TPSA) is 116 Å². The number of alkyl halides is 3. The predicted octanol–water partition coefficient (Wildman–Crippen LogP) is 4.25. The van der Waals surface area contributed by atoms with Crippen LogP contribution in [-0.2, 0) is 15.8 Å². The molecule has 1 aliphatic rings. The van der Waals surface area contributed by atoms with Crippen LogP contribution in [0, 0.1) is 0 Å². The van der Waals surface area contributed by atoms with Gasteiger partial charge in [-0.05, 0) is 42.5 Å². The molecule has 33 heavy (non-hydrogen) atoms. The third-order valence-corrected chi connectivity index (χ3v) is 5.08. The average Bonchev–Trinajstić information content (AvgIpc) is 2.74. The summed E-state index contributed by atoms with van der Waals surface area (Å²) in [7, 11) is 0. The molecule has 2 heterocycles. The van der Waals surface area contributed by atoms with Crippen molar-refractivity contribution in [2.24, 2.45) is 0 Å². The van der Waals surface area contributed by atoms with E-state index in [1.807, 2.05) is 0 Å². The number of nitrogens with one attached hydrogen (secondary N) is 4. The molecule has 1 unspecified atom stereocenters. The lowest BCUT2D eigenvalue weighted by atomic mass is 9.92. The van der Waals surface area contributed by atoms with Crippen molar-refractivity contribution in [3.05, 3.63) is 75.0 Å². The molecule has 0 radical (unpaired) electrons. The Morgan fingerprint density at radius 1 is 1.09 bits per heavy atom. The molecule has 0 bridgehead atoms. The van der Waals surface area contributed by atoms with Gasteiger partial charge in [-0.3, -0.25) is 19.4 Å². The molecule has 0 spiro atoms. The van der Waals surface area contributed by atoms with E-state index in [2.05, 4.69) is 25.9 Å². The number of carbonyl (C=O) groups excluding carboxylic acids is 2. The Hall–Kier alpha value is -3.86. The highest BCUT2D eigenvalue weighted by Gasteiger charge is 2.35. The second-order valence-corrected chi connectivity index (χ2v) is 7.62. The van der Waals surface area contributed by atoms with E-state index >= 15 is 0 Å². The van der Waals surface area contributed by atoms with E-state index in [4.69, 9.17) is 11.6 Å². The molecule has 2 aromatic carbocycles. The summed E-state index contributed by atoms with van der Waals surface area (Å²) < 4.78 is 38.8. The normalized spacial score (nSPS) is 15.4. The number of hydrogen-bond donors (Lipinski definition) is 4. The molecule has 1 aliphatic heterocycles. The van der Waals surface area contributed by atoms with Gasteiger partial charge >= 0.3 is 6.18 Å². The van der Waals surface area contributed by atoms with Gasteiger partial charge in [-0.25, -0.2) is 0 Å². The first kappa shape index (κ1) is 22.3. The summed E-state index contributed by atoms with van der Waals surface area (Å²) in [6, 6.07) is 10.6. The van der Waals surface area contributed by atoms with E-state index in [-0.39, 0.29) is 29.4 Å². The van der Waals surface area contributed by atoms with E-state index in [9.17, 15) is 27.6 Å². The number of fused-ring (bicyclic) bond motifs is 1. The molecule has 4 N–H and O–H groups in total. The molecule has 4 rings (SSSR count). The highest BCUT2D eigenvalue weighted by molar-refractivity contribution is 6.30. The second kappa shape index (κ2) is 8.58. The Kier molecular flexibility index (Phi) is 5.81. The summed E-state index contributed by atoms with van der Waals surface area (Å²) in [5.74, 6) is -2.72. The van der Waals surface area contributed by atoms with E-state index in [1.54, 1.807) is 24.3 Å². The second-order valence-electron chi connectivity index (χ2n) is 7.18. The standard InChI is InChI=1S/C21H15ClF3N5O3/c22-11-4-6-12(7-5-11)27-20-29-17-16(19(33)30-20)14(9-15(31)28-17)18(32)26-13-3-1-2-10(8-13)21(23,24)25/h1-8,14H,9H2,(H,26,32)(H3,27,28,29,30,31,33). The van der Waals surface area contributed by atoms with Gasteiger partial charge in [0.25, 0.3) is 5.56 Å². The van der Waals surface area contributed by atoms with Crippen molar-refractivity contribution in [2.75, 3.05) is 16.0 Å². The number of aromatic nitrogens is 2.